The molecular weight excluding hydrogens is 177 g/mol. The number of pyridine rings is 1. The van der Waals surface area contributed by atoms with E-state index in [9.17, 15) is 0 Å². The van der Waals surface area contributed by atoms with Crippen LogP contribution in [-0.4, -0.2) is 4.98 Å². The van der Waals surface area contributed by atoms with Crippen molar-refractivity contribution >= 4 is 10.9 Å². The zero-order chi connectivity index (χ0) is 6.81. The van der Waals surface area contributed by atoms with E-state index in [0.29, 0.717) is 0 Å². The summed E-state index contributed by atoms with van der Waals surface area (Å²) in [4.78, 5) is 4.18. The van der Waals surface area contributed by atoms with Gasteiger partial charge < -0.3 is 0 Å². The molecule has 1 aromatic carbocycles. The largest absolute Gasteiger partial charge is 0.256 e. The van der Waals surface area contributed by atoms with Crippen molar-refractivity contribution in [2.75, 3.05) is 0 Å². The molecule has 0 amide bonds. The van der Waals surface area contributed by atoms with E-state index >= 15 is 0 Å². The Hall–Kier alpha value is -0.851. The van der Waals surface area contributed by atoms with Gasteiger partial charge in [0.2, 0.25) is 0 Å². The van der Waals surface area contributed by atoms with Crippen LogP contribution in [0.15, 0.2) is 42.6 Å². The summed E-state index contributed by atoms with van der Waals surface area (Å²) >= 11 is 0. The van der Waals surface area contributed by atoms with Crippen LogP contribution in [0, 0.1) is 0 Å². The second-order valence-corrected chi connectivity index (χ2v) is 2.20. The number of hydrogen-bond acceptors (Lipinski definition) is 1. The quantitative estimate of drug-likeness (QED) is 0.572. The Kier molecular flexibility index (Phi) is 2.64. The minimum atomic E-state index is 0. The Labute approximate surface area is 75.9 Å². The minimum absolute atomic E-state index is 0. The SMILES string of the molecule is [Mn].c1ccc2ncccc2c1. The number of aromatic nitrogens is 1. The van der Waals surface area contributed by atoms with Crippen LogP contribution in [-0.2, 0) is 17.1 Å². The van der Waals surface area contributed by atoms with Crippen LogP contribution in [0.25, 0.3) is 10.9 Å². The number of para-hydroxylation sites is 1. The molecule has 0 fully saturated rings. The van der Waals surface area contributed by atoms with Crippen LogP contribution in [0.3, 0.4) is 0 Å². The van der Waals surface area contributed by atoms with Crippen LogP contribution in [0.5, 0.6) is 0 Å². The Morgan fingerprint density at radius 3 is 2.45 bits per heavy atom. The molecule has 0 aliphatic heterocycles. The van der Waals surface area contributed by atoms with Gasteiger partial charge in [0.15, 0.2) is 0 Å². The predicted molar refractivity (Wildman–Crippen MR) is 41.7 cm³/mol. The van der Waals surface area contributed by atoms with Gasteiger partial charge in [-0.15, -0.1) is 0 Å². The number of fused-ring (bicyclic) bond motifs is 1. The molecule has 0 bridgehead atoms. The van der Waals surface area contributed by atoms with Crippen molar-refractivity contribution in [1.29, 1.82) is 0 Å². The summed E-state index contributed by atoms with van der Waals surface area (Å²) < 4.78 is 0. The molecule has 0 spiro atoms. The molecule has 55 valence electrons. The smallest absolute Gasteiger partial charge is 0.0701 e. The fraction of sp³-hybridized carbons (Fsp3) is 0. The van der Waals surface area contributed by atoms with Gasteiger partial charge in [0.05, 0.1) is 5.52 Å². The summed E-state index contributed by atoms with van der Waals surface area (Å²) in [5, 5.41) is 1.20. The zero-order valence-electron chi connectivity index (χ0n) is 5.87. The van der Waals surface area contributed by atoms with Crippen molar-refractivity contribution < 1.29 is 17.1 Å². The first-order valence-electron chi connectivity index (χ1n) is 3.26. The molecule has 0 atom stereocenters. The second-order valence-electron chi connectivity index (χ2n) is 2.20. The summed E-state index contributed by atoms with van der Waals surface area (Å²) in [6.45, 7) is 0. The molecule has 0 aliphatic carbocycles. The normalized spacial score (nSPS) is 9.09. The van der Waals surface area contributed by atoms with E-state index in [4.69, 9.17) is 0 Å². The minimum Gasteiger partial charge on any atom is -0.256 e. The molecule has 0 saturated carbocycles. The number of hydrogen-bond donors (Lipinski definition) is 0. The fourth-order valence-electron chi connectivity index (χ4n) is 1.02. The zero-order valence-corrected chi connectivity index (χ0v) is 7.05. The first-order valence-corrected chi connectivity index (χ1v) is 3.26. The van der Waals surface area contributed by atoms with Gasteiger partial charge in [0.1, 0.15) is 0 Å². The van der Waals surface area contributed by atoms with Gasteiger partial charge in [-0.3, -0.25) is 4.98 Å². The summed E-state index contributed by atoms with van der Waals surface area (Å²) in [5.41, 5.74) is 1.06. The first-order chi connectivity index (χ1) is 4.97. The van der Waals surface area contributed by atoms with E-state index in [-0.39, 0.29) is 17.1 Å². The van der Waals surface area contributed by atoms with Crippen molar-refractivity contribution in [3.05, 3.63) is 42.6 Å². The van der Waals surface area contributed by atoms with Crippen molar-refractivity contribution in [2.24, 2.45) is 0 Å². The molecule has 1 aromatic heterocycles. The average Bonchev–Trinajstić information content (AvgIpc) is 2.05. The van der Waals surface area contributed by atoms with Crippen LogP contribution in [0.2, 0.25) is 0 Å². The van der Waals surface area contributed by atoms with Crippen molar-refractivity contribution in [2.45, 2.75) is 0 Å². The molecule has 0 N–H and O–H groups in total. The summed E-state index contributed by atoms with van der Waals surface area (Å²) in [5.74, 6) is 0. The Morgan fingerprint density at radius 1 is 0.909 bits per heavy atom. The molecule has 2 heteroatoms. The Balaban J connectivity index is 0.000000605. The monoisotopic (exact) mass is 184 g/mol. The molecule has 1 radical (unpaired) electrons. The maximum atomic E-state index is 4.18. The van der Waals surface area contributed by atoms with E-state index in [1.165, 1.54) is 5.39 Å². The molecule has 1 heterocycles. The van der Waals surface area contributed by atoms with Crippen LogP contribution < -0.4 is 0 Å². The molecule has 11 heavy (non-hydrogen) atoms. The van der Waals surface area contributed by atoms with Crippen molar-refractivity contribution in [1.82, 2.24) is 4.98 Å². The molecule has 0 aliphatic rings. The molecule has 2 rings (SSSR count). The molecule has 0 saturated heterocycles. The second kappa shape index (κ2) is 3.51. The van der Waals surface area contributed by atoms with Crippen molar-refractivity contribution in [3.8, 4) is 0 Å². The van der Waals surface area contributed by atoms with Crippen LogP contribution in [0.4, 0.5) is 0 Å². The third kappa shape index (κ3) is 1.59. The van der Waals surface area contributed by atoms with Gasteiger partial charge >= 0.3 is 0 Å². The van der Waals surface area contributed by atoms with Gasteiger partial charge in [-0.05, 0) is 12.1 Å². The number of rotatable bonds is 0. The number of benzene rings is 1. The fourth-order valence-corrected chi connectivity index (χ4v) is 1.02. The third-order valence-corrected chi connectivity index (χ3v) is 1.51. The van der Waals surface area contributed by atoms with E-state index in [2.05, 4.69) is 17.1 Å². The number of nitrogens with zero attached hydrogens (tertiary/aromatic N) is 1. The van der Waals surface area contributed by atoms with E-state index < -0.39 is 0 Å². The van der Waals surface area contributed by atoms with E-state index in [1.807, 2.05) is 30.5 Å². The topological polar surface area (TPSA) is 12.9 Å². The summed E-state index contributed by atoms with van der Waals surface area (Å²) in [7, 11) is 0. The molecule has 2 aromatic rings. The summed E-state index contributed by atoms with van der Waals surface area (Å²) in [6.07, 6.45) is 1.81. The standard InChI is InChI=1S/C9H7N.Mn/c1-2-6-9-8(4-1)5-3-7-10-9;/h1-7H;. The van der Waals surface area contributed by atoms with E-state index in [1.54, 1.807) is 0 Å². The maximum Gasteiger partial charge on any atom is 0.0701 e. The molecule has 0 unspecified atom stereocenters. The predicted octanol–water partition coefficient (Wildman–Crippen LogP) is 2.23. The summed E-state index contributed by atoms with van der Waals surface area (Å²) in [6, 6.07) is 12.1. The van der Waals surface area contributed by atoms with Crippen LogP contribution in [0.1, 0.15) is 0 Å². The maximum absolute atomic E-state index is 4.18. The average molecular weight is 184 g/mol. The Morgan fingerprint density at radius 2 is 1.64 bits per heavy atom. The van der Waals surface area contributed by atoms with Crippen molar-refractivity contribution in [3.63, 3.8) is 0 Å². The van der Waals surface area contributed by atoms with Gasteiger partial charge in [-0.1, -0.05) is 24.3 Å². The Bertz CT molecular complexity index is 281. The van der Waals surface area contributed by atoms with Gasteiger partial charge in [-0.25, -0.2) is 0 Å². The molecule has 1 nitrogen and oxygen atoms in total. The van der Waals surface area contributed by atoms with Gasteiger partial charge in [0.25, 0.3) is 0 Å². The van der Waals surface area contributed by atoms with E-state index in [0.717, 1.165) is 5.52 Å². The van der Waals surface area contributed by atoms with Crippen LogP contribution >= 0.6 is 0 Å². The first kappa shape index (κ1) is 8.25. The van der Waals surface area contributed by atoms with Gasteiger partial charge in [-0.2, -0.15) is 0 Å². The third-order valence-electron chi connectivity index (χ3n) is 1.51. The molecular formula is C9H7MnN. The van der Waals surface area contributed by atoms with Gasteiger partial charge in [0, 0.05) is 28.7 Å².